The lowest BCUT2D eigenvalue weighted by atomic mass is 9.94. The third-order valence-electron chi connectivity index (χ3n) is 6.50. The Kier molecular flexibility index (Phi) is 13.2. The first kappa shape index (κ1) is 29.2. The Bertz CT molecular complexity index is 530. The summed E-state index contributed by atoms with van der Waals surface area (Å²) in [5.74, 6) is -1.15. The van der Waals surface area contributed by atoms with Crippen molar-refractivity contribution in [3.05, 3.63) is 0 Å². The molecule has 9 heteroatoms. The van der Waals surface area contributed by atoms with Crippen LogP contribution in [0, 0.1) is 17.8 Å². The molecule has 0 amide bonds. The summed E-state index contributed by atoms with van der Waals surface area (Å²) in [6.07, 6.45) is -3.54. The van der Waals surface area contributed by atoms with Crippen LogP contribution in [0.3, 0.4) is 0 Å². The second-order valence-electron chi connectivity index (χ2n) is 9.21. The molecule has 1 fully saturated rings. The Hall–Kier alpha value is -0.810. The highest BCUT2D eigenvalue weighted by molar-refractivity contribution is 5.70. The molecule has 1 aliphatic rings. The van der Waals surface area contributed by atoms with Crippen molar-refractivity contribution in [3.63, 3.8) is 0 Å². The Labute approximate surface area is 191 Å². The van der Waals surface area contributed by atoms with E-state index in [0.717, 1.165) is 12.8 Å². The van der Waals surface area contributed by atoms with Crippen LogP contribution in [-0.4, -0.2) is 87.6 Å². The number of carbonyl (C=O) groups is 1. The zero-order valence-electron chi connectivity index (χ0n) is 20.1. The highest BCUT2D eigenvalue weighted by Gasteiger charge is 2.45. The van der Waals surface area contributed by atoms with Gasteiger partial charge in [-0.2, -0.15) is 0 Å². The lowest BCUT2D eigenvalue weighted by molar-refractivity contribution is -0.200. The second-order valence-corrected chi connectivity index (χ2v) is 9.21. The second kappa shape index (κ2) is 14.5. The smallest absolute Gasteiger partial charge is 0.308 e. The van der Waals surface area contributed by atoms with Crippen LogP contribution in [0.2, 0.25) is 0 Å². The highest BCUT2D eigenvalue weighted by atomic mass is 16.7. The van der Waals surface area contributed by atoms with Crippen LogP contribution >= 0.6 is 0 Å². The van der Waals surface area contributed by atoms with Gasteiger partial charge < -0.3 is 39.7 Å². The molecule has 1 aliphatic heterocycles. The Morgan fingerprint density at radius 2 is 1.56 bits per heavy atom. The van der Waals surface area contributed by atoms with Gasteiger partial charge in [0.2, 0.25) is 0 Å². The van der Waals surface area contributed by atoms with Crippen LogP contribution in [0.25, 0.3) is 0 Å². The van der Waals surface area contributed by atoms with E-state index in [2.05, 4.69) is 0 Å². The van der Waals surface area contributed by atoms with Crippen molar-refractivity contribution in [2.24, 2.45) is 17.8 Å². The van der Waals surface area contributed by atoms with Crippen LogP contribution in [0.4, 0.5) is 0 Å². The Morgan fingerprint density at radius 3 is 2.06 bits per heavy atom. The quantitative estimate of drug-likeness (QED) is 0.224. The molecule has 1 saturated heterocycles. The van der Waals surface area contributed by atoms with E-state index in [0.29, 0.717) is 6.42 Å². The number of ether oxygens (including phenoxy) is 3. The molecule has 5 N–H and O–H groups in total. The zero-order valence-corrected chi connectivity index (χ0v) is 20.1. The largest absolute Gasteiger partial charge is 0.462 e. The number of hydrogen-bond donors (Lipinski definition) is 5. The maximum atomic E-state index is 12.4. The standard InChI is InChI=1S/C23H44O9/c1-6-13(3)18(8-15(5)26)30-21(28)10-16(27)9-19(14(4)7-2)31-23-17(11-24)22(29)20(12-25)32-23/h13-20,22-27,29H,6-12H2,1-5H3/t13-,14-,15+,16-,17?,18-,19-,20-,22?,23+/m0/s1. The number of esters is 1. The van der Waals surface area contributed by atoms with Gasteiger partial charge in [0.1, 0.15) is 12.2 Å². The summed E-state index contributed by atoms with van der Waals surface area (Å²) >= 11 is 0. The fraction of sp³-hybridized carbons (Fsp3) is 0.957. The van der Waals surface area contributed by atoms with Crippen LogP contribution in [0.15, 0.2) is 0 Å². The van der Waals surface area contributed by atoms with Crippen molar-refractivity contribution in [3.8, 4) is 0 Å². The Morgan fingerprint density at radius 1 is 0.969 bits per heavy atom. The van der Waals surface area contributed by atoms with Crippen molar-refractivity contribution in [1.29, 1.82) is 0 Å². The lowest BCUT2D eigenvalue weighted by Crippen LogP contribution is -2.37. The van der Waals surface area contributed by atoms with Crippen molar-refractivity contribution in [2.45, 2.75) is 110 Å². The van der Waals surface area contributed by atoms with Crippen molar-refractivity contribution in [2.75, 3.05) is 13.2 Å². The van der Waals surface area contributed by atoms with Gasteiger partial charge in [-0.25, -0.2) is 0 Å². The average molecular weight is 465 g/mol. The summed E-state index contributed by atoms with van der Waals surface area (Å²) < 4.78 is 17.1. The molecule has 9 nitrogen and oxygen atoms in total. The number of hydrogen-bond acceptors (Lipinski definition) is 9. The van der Waals surface area contributed by atoms with Gasteiger partial charge in [-0.1, -0.05) is 40.5 Å². The van der Waals surface area contributed by atoms with Gasteiger partial charge in [0.05, 0.1) is 50.0 Å². The van der Waals surface area contributed by atoms with Gasteiger partial charge in [0.25, 0.3) is 0 Å². The van der Waals surface area contributed by atoms with Crippen LogP contribution in [0.5, 0.6) is 0 Å². The molecule has 1 rings (SSSR count). The van der Waals surface area contributed by atoms with Crippen LogP contribution in [0.1, 0.15) is 66.7 Å². The minimum Gasteiger partial charge on any atom is -0.462 e. The molecule has 0 radical (unpaired) electrons. The topological polar surface area (TPSA) is 146 Å². The summed E-state index contributed by atoms with van der Waals surface area (Å²) in [5.41, 5.74) is 0. The molecule has 10 atom stereocenters. The summed E-state index contributed by atoms with van der Waals surface area (Å²) in [4.78, 5) is 12.4. The molecule has 0 aromatic carbocycles. The van der Waals surface area contributed by atoms with E-state index >= 15 is 0 Å². The van der Waals surface area contributed by atoms with E-state index in [1.165, 1.54) is 0 Å². The summed E-state index contributed by atoms with van der Waals surface area (Å²) in [7, 11) is 0. The summed E-state index contributed by atoms with van der Waals surface area (Å²) in [5, 5.41) is 49.4. The van der Waals surface area contributed by atoms with E-state index < -0.39 is 61.4 Å². The van der Waals surface area contributed by atoms with E-state index in [1.807, 2.05) is 27.7 Å². The molecular weight excluding hydrogens is 420 g/mol. The predicted molar refractivity (Wildman–Crippen MR) is 118 cm³/mol. The molecule has 0 aromatic rings. The van der Waals surface area contributed by atoms with Gasteiger partial charge in [0, 0.05) is 12.8 Å². The molecule has 2 unspecified atom stereocenters. The fourth-order valence-electron chi connectivity index (χ4n) is 3.88. The first-order valence-electron chi connectivity index (χ1n) is 11.8. The SMILES string of the molecule is CC[C@H](C)[C@H](C[C@@H](C)O)OC(=O)C[C@@H](O)C[C@H](O[C@@H]1O[C@@H](CO)C(O)C1CO)[C@@H](C)CC. The molecule has 0 aliphatic carbocycles. The molecular formula is C23H44O9. The zero-order chi connectivity index (χ0) is 24.4. The van der Waals surface area contributed by atoms with Gasteiger partial charge in [-0.05, 0) is 18.8 Å². The van der Waals surface area contributed by atoms with Crippen molar-refractivity contribution in [1.82, 2.24) is 0 Å². The van der Waals surface area contributed by atoms with E-state index in [9.17, 15) is 30.3 Å². The molecule has 0 bridgehead atoms. The lowest BCUT2D eigenvalue weighted by Gasteiger charge is -2.30. The molecule has 0 saturated carbocycles. The van der Waals surface area contributed by atoms with E-state index in [4.69, 9.17) is 14.2 Å². The van der Waals surface area contributed by atoms with Crippen LogP contribution in [-0.2, 0) is 19.0 Å². The van der Waals surface area contributed by atoms with Crippen molar-refractivity contribution >= 4 is 5.97 Å². The molecule has 1 heterocycles. The van der Waals surface area contributed by atoms with E-state index in [-0.39, 0.29) is 31.3 Å². The third kappa shape index (κ3) is 8.85. The average Bonchev–Trinajstić information content (AvgIpc) is 3.05. The summed E-state index contributed by atoms with van der Waals surface area (Å²) in [6.45, 7) is 8.74. The monoisotopic (exact) mass is 464 g/mol. The first-order chi connectivity index (χ1) is 15.1. The highest BCUT2D eigenvalue weighted by Crippen LogP contribution is 2.31. The number of aliphatic hydroxyl groups is 5. The first-order valence-corrected chi connectivity index (χ1v) is 11.8. The summed E-state index contributed by atoms with van der Waals surface area (Å²) in [6, 6.07) is 0. The maximum absolute atomic E-state index is 12.4. The number of aliphatic hydroxyl groups excluding tert-OH is 5. The minimum atomic E-state index is -1.06. The Balaban J connectivity index is 2.73. The minimum absolute atomic E-state index is 0.0111. The van der Waals surface area contributed by atoms with Gasteiger partial charge >= 0.3 is 5.97 Å². The molecule has 190 valence electrons. The number of carbonyl (C=O) groups excluding carboxylic acids is 1. The maximum Gasteiger partial charge on any atom is 0.308 e. The number of rotatable bonds is 15. The van der Waals surface area contributed by atoms with E-state index in [1.54, 1.807) is 6.92 Å². The van der Waals surface area contributed by atoms with Crippen molar-refractivity contribution < 1.29 is 44.5 Å². The fourth-order valence-corrected chi connectivity index (χ4v) is 3.88. The molecule has 0 spiro atoms. The third-order valence-corrected chi connectivity index (χ3v) is 6.50. The van der Waals surface area contributed by atoms with Gasteiger partial charge in [0.15, 0.2) is 6.29 Å². The van der Waals surface area contributed by atoms with Gasteiger partial charge in [-0.3, -0.25) is 4.79 Å². The predicted octanol–water partition coefficient (Wildman–Crippen LogP) is 0.974. The van der Waals surface area contributed by atoms with Gasteiger partial charge in [-0.15, -0.1) is 0 Å². The molecule has 0 aromatic heterocycles. The normalized spacial score (nSPS) is 29.2. The van der Waals surface area contributed by atoms with Crippen LogP contribution < -0.4 is 0 Å². The molecule has 32 heavy (non-hydrogen) atoms.